The van der Waals surface area contributed by atoms with Gasteiger partial charge >= 0.3 is 0 Å². The molecule has 1 rings (SSSR count). The van der Waals surface area contributed by atoms with E-state index >= 15 is 0 Å². The minimum Gasteiger partial charge on any atom is -0.495 e. The van der Waals surface area contributed by atoms with Crippen molar-refractivity contribution >= 4 is 5.69 Å². The first kappa shape index (κ1) is 18.8. The van der Waals surface area contributed by atoms with Gasteiger partial charge < -0.3 is 19.9 Å². The highest BCUT2D eigenvalue weighted by Gasteiger charge is 2.11. The van der Waals surface area contributed by atoms with Crippen molar-refractivity contribution in [2.45, 2.75) is 33.2 Å². The van der Waals surface area contributed by atoms with Crippen LogP contribution < -0.4 is 15.0 Å². The largest absolute Gasteiger partial charge is 0.495 e. The summed E-state index contributed by atoms with van der Waals surface area (Å²) in [5.41, 5.74) is 2.47. The van der Waals surface area contributed by atoms with E-state index in [-0.39, 0.29) is 0 Å². The first-order valence-electron chi connectivity index (χ1n) is 8.39. The van der Waals surface area contributed by atoms with Gasteiger partial charge in [0.25, 0.3) is 0 Å². The number of ether oxygens (including phenoxy) is 1. The molecule has 0 heterocycles. The van der Waals surface area contributed by atoms with E-state index < -0.39 is 0 Å². The van der Waals surface area contributed by atoms with Gasteiger partial charge in [-0.2, -0.15) is 0 Å². The van der Waals surface area contributed by atoms with Crippen LogP contribution in [0.2, 0.25) is 0 Å². The molecule has 1 aromatic carbocycles. The van der Waals surface area contributed by atoms with Crippen LogP contribution in [0.5, 0.6) is 5.75 Å². The van der Waals surface area contributed by atoms with Gasteiger partial charge in [-0.15, -0.1) is 0 Å². The van der Waals surface area contributed by atoms with E-state index in [0.29, 0.717) is 0 Å². The van der Waals surface area contributed by atoms with Gasteiger partial charge in [0.1, 0.15) is 5.75 Å². The quantitative estimate of drug-likeness (QED) is 0.636. The van der Waals surface area contributed by atoms with Crippen LogP contribution in [0.4, 0.5) is 5.69 Å². The molecule has 1 aromatic rings. The number of nitrogens with zero attached hydrogens (tertiary/aromatic N) is 2. The molecule has 4 nitrogen and oxygen atoms in total. The molecule has 126 valence electrons. The van der Waals surface area contributed by atoms with E-state index in [9.17, 15) is 0 Å². The normalized spacial score (nSPS) is 11.0. The Balaban J connectivity index is 2.68. The summed E-state index contributed by atoms with van der Waals surface area (Å²) in [5.74, 6) is 0.977. The molecule has 0 radical (unpaired) electrons. The molecular formula is C18H33N3O. The van der Waals surface area contributed by atoms with Crippen molar-refractivity contribution in [3.8, 4) is 5.75 Å². The van der Waals surface area contributed by atoms with Crippen LogP contribution in [0.3, 0.4) is 0 Å². The molecule has 0 saturated carbocycles. The Kier molecular flexibility index (Phi) is 8.94. The van der Waals surface area contributed by atoms with Gasteiger partial charge in [0.05, 0.1) is 12.8 Å². The van der Waals surface area contributed by atoms with Crippen LogP contribution in [0.1, 0.15) is 32.3 Å². The molecule has 0 aromatic heterocycles. The molecule has 0 bridgehead atoms. The Bertz CT molecular complexity index is 421. The predicted octanol–water partition coefficient (Wildman–Crippen LogP) is 2.97. The summed E-state index contributed by atoms with van der Waals surface area (Å²) < 4.78 is 5.62. The van der Waals surface area contributed by atoms with Crippen LogP contribution in [0.15, 0.2) is 18.2 Å². The maximum absolute atomic E-state index is 5.62. The Morgan fingerprint density at radius 2 is 1.91 bits per heavy atom. The third-order valence-corrected chi connectivity index (χ3v) is 3.81. The topological polar surface area (TPSA) is 27.7 Å². The lowest BCUT2D eigenvalue weighted by Crippen LogP contribution is -2.26. The summed E-state index contributed by atoms with van der Waals surface area (Å²) in [6.07, 6.45) is 2.43. The van der Waals surface area contributed by atoms with Crippen LogP contribution in [0.25, 0.3) is 0 Å². The molecule has 0 atom stereocenters. The Hall–Kier alpha value is -1.26. The number of hydrogen-bond acceptors (Lipinski definition) is 4. The maximum Gasteiger partial charge on any atom is 0.142 e. The molecule has 0 amide bonds. The van der Waals surface area contributed by atoms with Gasteiger partial charge in [-0.3, -0.25) is 0 Å². The third-order valence-electron chi connectivity index (χ3n) is 3.81. The number of likely N-dealkylation sites (N-methyl/N-ethyl adjacent to an activating group) is 1. The number of hydrogen-bond donors (Lipinski definition) is 1. The van der Waals surface area contributed by atoms with Crippen LogP contribution in [-0.4, -0.2) is 52.3 Å². The summed E-state index contributed by atoms with van der Waals surface area (Å²) in [4.78, 5) is 4.58. The van der Waals surface area contributed by atoms with Gasteiger partial charge in [0.2, 0.25) is 0 Å². The molecule has 0 aliphatic rings. The minimum absolute atomic E-state index is 0.881. The van der Waals surface area contributed by atoms with Crippen molar-refractivity contribution in [1.82, 2.24) is 10.2 Å². The lowest BCUT2D eigenvalue weighted by molar-refractivity contribution is 0.399. The summed E-state index contributed by atoms with van der Waals surface area (Å²) in [6, 6.07) is 6.56. The van der Waals surface area contributed by atoms with Crippen molar-refractivity contribution in [1.29, 1.82) is 0 Å². The summed E-state index contributed by atoms with van der Waals surface area (Å²) in [6.45, 7) is 9.45. The zero-order chi connectivity index (χ0) is 16.4. The minimum atomic E-state index is 0.881. The van der Waals surface area contributed by atoms with Crippen LogP contribution in [0, 0.1) is 0 Å². The lowest BCUT2D eigenvalue weighted by Gasteiger charge is -2.25. The second kappa shape index (κ2) is 10.5. The SMILES string of the molecule is CCCCN(CC)c1ccc(CNCCN(C)C)cc1OC. The van der Waals surface area contributed by atoms with Gasteiger partial charge in [-0.05, 0) is 45.1 Å². The summed E-state index contributed by atoms with van der Waals surface area (Å²) in [5, 5.41) is 3.47. The fourth-order valence-electron chi connectivity index (χ4n) is 2.43. The van der Waals surface area contributed by atoms with Crippen molar-refractivity contribution < 1.29 is 4.74 Å². The molecule has 0 aliphatic carbocycles. The first-order valence-corrected chi connectivity index (χ1v) is 8.39. The first-order chi connectivity index (χ1) is 10.6. The molecule has 0 unspecified atom stereocenters. The van der Waals surface area contributed by atoms with Gasteiger partial charge in [-0.1, -0.05) is 19.4 Å². The van der Waals surface area contributed by atoms with E-state index in [1.807, 2.05) is 0 Å². The maximum atomic E-state index is 5.62. The Morgan fingerprint density at radius 3 is 2.50 bits per heavy atom. The van der Waals surface area contributed by atoms with Crippen LogP contribution >= 0.6 is 0 Å². The average Bonchev–Trinajstić information content (AvgIpc) is 2.52. The fourth-order valence-corrected chi connectivity index (χ4v) is 2.43. The van der Waals surface area contributed by atoms with Gasteiger partial charge in [0, 0.05) is 32.7 Å². The molecule has 0 aliphatic heterocycles. The second-order valence-electron chi connectivity index (χ2n) is 5.92. The third kappa shape index (κ3) is 6.24. The van der Waals surface area contributed by atoms with Gasteiger partial charge in [0.15, 0.2) is 0 Å². The van der Waals surface area contributed by atoms with Crippen LogP contribution in [-0.2, 0) is 6.54 Å². The molecule has 1 N–H and O–H groups in total. The Labute approximate surface area is 136 Å². The van der Waals surface area contributed by atoms with Crippen molar-refractivity contribution in [3.63, 3.8) is 0 Å². The molecule has 22 heavy (non-hydrogen) atoms. The fraction of sp³-hybridized carbons (Fsp3) is 0.667. The summed E-state index contributed by atoms with van der Waals surface area (Å²) >= 11 is 0. The highest BCUT2D eigenvalue weighted by atomic mass is 16.5. The zero-order valence-electron chi connectivity index (χ0n) is 15.0. The second-order valence-corrected chi connectivity index (χ2v) is 5.92. The molecule has 0 spiro atoms. The standard InChI is InChI=1S/C18H33N3O/c1-6-8-12-21(7-2)17-10-9-16(14-18(17)22-5)15-19-11-13-20(3)4/h9-10,14,19H,6-8,11-13,15H2,1-5H3. The van der Waals surface area contributed by atoms with E-state index in [4.69, 9.17) is 4.74 Å². The Morgan fingerprint density at radius 1 is 1.14 bits per heavy atom. The van der Waals surface area contributed by atoms with Crippen molar-refractivity contribution in [2.24, 2.45) is 0 Å². The zero-order valence-corrected chi connectivity index (χ0v) is 15.0. The average molecular weight is 307 g/mol. The van der Waals surface area contributed by atoms with E-state index in [2.05, 4.69) is 61.3 Å². The number of nitrogens with one attached hydrogen (secondary N) is 1. The number of unbranched alkanes of at least 4 members (excludes halogenated alkanes) is 1. The molecule has 0 saturated heterocycles. The van der Waals surface area contributed by atoms with Crippen molar-refractivity contribution in [3.05, 3.63) is 23.8 Å². The molecular weight excluding hydrogens is 274 g/mol. The van der Waals surface area contributed by atoms with E-state index in [1.54, 1.807) is 7.11 Å². The van der Waals surface area contributed by atoms with Gasteiger partial charge in [-0.25, -0.2) is 0 Å². The number of methoxy groups -OCH3 is 1. The van der Waals surface area contributed by atoms with E-state index in [0.717, 1.165) is 38.5 Å². The number of anilines is 1. The summed E-state index contributed by atoms with van der Waals surface area (Å²) in [7, 11) is 5.94. The van der Waals surface area contributed by atoms with Crippen molar-refractivity contribution in [2.75, 3.05) is 52.3 Å². The molecule has 0 fully saturated rings. The lowest BCUT2D eigenvalue weighted by atomic mass is 10.1. The van der Waals surface area contributed by atoms with E-state index in [1.165, 1.54) is 24.1 Å². The smallest absolute Gasteiger partial charge is 0.142 e. The highest BCUT2D eigenvalue weighted by Crippen LogP contribution is 2.29. The predicted molar refractivity (Wildman–Crippen MR) is 96.0 cm³/mol. The number of benzene rings is 1. The monoisotopic (exact) mass is 307 g/mol. The highest BCUT2D eigenvalue weighted by molar-refractivity contribution is 5.59. The number of rotatable bonds is 11. The molecule has 4 heteroatoms.